The van der Waals surface area contributed by atoms with Crippen LogP contribution in [0.1, 0.15) is 54.6 Å². The van der Waals surface area contributed by atoms with Gasteiger partial charge < -0.3 is 20.1 Å². The van der Waals surface area contributed by atoms with Gasteiger partial charge >= 0.3 is 5.97 Å². The van der Waals surface area contributed by atoms with Crippen LogP contribution < -0.4 is 10.1 Å². The molecule has 1 aromatic carbocycles. The van der Waals surface area contributed by atoms with Crippen molar-refractivity contribution >= 4 is 16.9 Å². The van der Waals surface area contributed by atoms with Gasteiger partial charge in [0.05, 0.1) is 12.6 Å². The predicted octanol–water partition coefficient (Wildman–Crippen LogP) is 3.69. The van der Waals surface area contributed by atoms with Gasteiger partial charge in [0.15, 0.2) is 0 Å². The Bertz CT molecular complexity index is 685. The average molecular weight is 316 g/mol. The van der Waals surface area contributed by atoms with E-state index >= 15 is 0 Å². The molecule has 1 aromatic heterocycles. The van der Waals surface area contributed by atoms with Crippen LogP contribution in [0.3, 0.4) is 0 Å². The summed E-state index contributed by atoms with van der Waals surface area (Å²) in [5.74, 6) is -0.197. The second-order valence-electron chi connectivity index (χ2n) is 6.26. The zero-order valence-electron chi connectivity index (χ0n) is 13.5. The van der Waals surface area contributed by atoms with Crippen LogP contribution in [0.25, 0.3) is 10.9 Å². The largest absolute Gasteiger partial charge is 0.497 e. The van der Waals surface area contributed by atoms with Crippen LogP contribution >= 0.6 is 0 Å². The number of nitrogens with one attached hydrogen (secondary N) is 2. The van der Waals surface area contributed by atoms with E-state index in [1.54, 1.807) is 7.11 Å². The van der Waals surface area contributed by atoms with E-state index < -0.39 is 5.97 Å². The summed E-state index contributed by atoms with van der Waals surface area (Å²) in [6.07, 6.45) is 7.50. The molecule has 2 aromatic rings. The fourth-order valence-electron chi connectivity index (χ4n) is 3.46. The van der Waals surface area contributed by atoms with Gasteiger partial charge in [0.1, 0.15) is 11.4 Å². The van der Waals surface area contributed by atoms with Crippen molar-refractivity contribution < 1.29 is 14.6 Å². The number of aromatic amines is 1. The highest BCUT2D eigenvalue weighted by Crippen LogP contribution is 2.27. The van der Waals surface area contributed by atoms with Gasteiger partial charge in [0.25, 0.3) is 0 Å². The van der Waals surface area contributed by atoms with Crippen LogP contribution in [0.15, 0.2) is 18.2 Å². The molecular formula is C18H24N2O3. The number of carboxylic acid groups (broad SMARTS) is 1. The minimum Gasteiger partial charge on any atom is -0.497 e. The monoisotopic (exact) mass is 316 g/mol. The lowest BCUT2D eigenvalue weighted by atomic mass is 10.1. The smallest absolute Gasteiger partial charge is 0.352 e. The minimum atomic E-state index is -0.919. The van der Waals surface area contributed by atoms with E-state index in [0.29, 0.717) is 12.6 Å². The standard InChI is InChI=1S/C18H24N2O3/c1-23-13-8-9-14-15(17(18(21)22)20-16(14)10-13)11-19-12-6-4-2-3-5-7-12/h8-10,12,19-20H,2-7,11H2,1H3,(H,21,22). The van der Waals surface area contributed by atoms with Crippen molar-refractivity contribution in [3.8, 4) is 5.75 Å². The van der Waals surface area contributed by atoms with Gasteiger partial charge in [-0.15, -0.1) is 0 Å². The van der Waals surface area contributed by atoms with E-state index in [1.807, 2.05) is 18.2 Å². The number of ether oxygens (including phenoxy) is 1. The summed E-state index contributed by atoms with van der Waals surface area (Å²) in [5, 5.41) is 14.0. The third kappa shape index (κ3) is 3.50. The number of rotatable bonds is 5. The Morgan fingerprint density at radius 3 is 2.70 bits per heavy atom. The van der Waals surface area contributed by atoms with Gasteiger partial charge in [0.2, 0.25) is 0 Å². The van der Waals surface area contributed by atoms with Crippen molar-refractivity contribution in [2.24, 2.45) is 0 Å². The maximum Gasteiger partial charge on any atom is 0.352 e. The molecule has 0 radical (unpaired) electrons. The zero-order valence-corrected chi connectivity index (χ0v) is 13.5. The molecule has 0 atom stereocenters. The van der Waals surface area contributed by atoms with E-state index in [-0.39, 0.29) is 5.69 Å². The lowest BCUT2D eigenvalue weighted by Crippen LogP contribution is -2.28. The first-order valence-corrected chi connectivity index (χ1v) is 8.34. The number of hydrogen-bond donors (Lipinski definition) is 3. The molecule has 0 amide bonds. The predicted molar refractivity (Wildman–Crippen MR) is 90.1 cm³/mol. The molecule has 1 saturated carbocycles. The van der Waals surface area contributed by atoms with Gasteiger partial charge in [-0.2, -0.15) is 0 Å². The van der Waals surface area contributed by atoms with E-state index in [2.05, 4.69) is 10.3 Å². The third-order valence-electron chi connectivity index (χ3n) is 4.75. The average Bonchev–Trinajstić information content (AvgIpc) is 2.72. The van der Waals surface area contributed by atoms with Crippen molar-refractivity contribution in [2.45, 2.75) is 51.1 Å². The summed E-state index contributed by atoms with van der Waals surface area (Å²) < 4.78 is 5.22. The number of methoxy groups -OCH3 is 1. The van der Waals surface area contributed by atoms with Gasteiger partial charge in [-0.1, -0.05) is 25.7 Å². The third-order valence-corrected chi connectivity index (χ3v) is 4.75. The van der Waals surface area contributed by atoms with Gasteiger partial charge in [-0.3, -0.25) is 0 Å². The van der Waals surface area contributed by atoms with Crippen LogP contribution in [0.2, 0.25) is 0 Å². The van der Waals surface area contributed by atoms with Gasteiger partial charge in [-0.25, -0.2) is 4.79 Å². The van der Waals surface area contributed by atoms with Crippen molar-refractivity contribution in [3.05, 3.63) is 29.5 Å². The summed E-state index contributed by atoms with van der Waals surface area (Å²) in [6, 6.07) is 6.14. The summed E-state index contributed by atoms with van der Waals surface area (Å²) in [7, 11) is 1.61. The number of carboxylic acids is 1. The number of carbonyl (C=O) groups is 1. The number of H-pyrrole nitrogens is 1. The van der Waals surface area contributed by atoms with Gasteiger partial charge in [-0.05, 0) is 25.0 Å². The summed E-state index contributed by atoms with van der Waals surface area (Å²) in [6.45, 7) is 0.582. The molecule has 0 bridgehead atoms. The molecule has 0 saturated heterocycles. The first-order valence-electron chi connectivity index (χ1n) is 8.34. The number of benzene rings is 1. The normalized spacial score (nSPS) is 16.4. The van der Waals surface area contributed by atoms with Gasteiger partial charge in [0, 0.05) is 29.6 Å². The van der Waals surface area contributed by atoms with E-state index in [4.69, 9.17) is 4.74 Å². The quantitative estimate of drug-likeness (QED) is 0.736. The Hall–Kier alpha value is -2.01. The van der Waals surface area contributed by atoms with Crippen LogP contribution in [-0.4, -0.2) is 29.2 Å². The molecule has 1 aliphatic carbocycles. The molecule has 23 heavy (non-hydrogen) atoms. The maximum atomic E-state index is 11.6. The Balaban J connectivity index is 1.85. The van der Waals surface area contributed by atoms with Crippen molar-refractivity contribution in [3.63, 3.8) is 0 Å². The molecule has 5 heteroatoms. The van der Waals surface area contributed by atoms with Crippen molar-refractivity contribution in [2.75, 3.05) is 7.11 Å². The van der Waals surface area contributed by atoms with E-state index in [9.17, 15) is 9.90 Å². The molecule has 0 aliphatic heterocycles. The lowest BCUT2D eigenvalue weighted by Gasteiger charge is -2.16. The van der Waals surface area contributed by atoms with Crippen LogP contribution in [-0.2, 0) is 6.54 Å². The van der Waals surface area contributed by atoms with Crippen molar-refractivity contribution in [1.82, 2.24) is 10.3 Å². The SMILES string of the molecule is COc1ccc2c(CNC3CCCCCC3)c(C(=O)O)[nH]c2c1. The number of fused-ring (bicyclic) bond motifs is 1. The summed E-state index contributed by atoms with van der Waals surface area (Å²) in [4.78, 5) is 14.6. The number of hydrogen-bond acceptors (Lipinski definition) is 3. The Kier molecular flexibility index (Phi) is 4.86. The fourth-order valence-corrected chi connectivity index (χ4v) is 3.46. The number of aromatic carboxylic acids is 1. The molecule has 0 unspecified atom stereocenters. The first kappa shape index (κ1) is 15.9. The summed E-state index contributed by atoms with van der Waals surface area (Å²) in [5.41, 5.74) is 1.91. The van der Waals surface area contributed by atoms with E-state index in [0.717, 1.165) is 22.2 Å². The molecule has 124 valence electrons. The Labute approximate surface area is 136 Å². The van der Waals surface area contributed by atoms with Crippen LogP contribution in [0.5, 0.6) is 5.75 Å². The van der Waals surface area contributed by atoms with E-state index in [1.165, 1.54) is 38.5 Å². The molecule has 0 spiro atoms. The molecule has 1 aliphatic rings. The van der Waals surface area contributed by atoms with Crippen molar-refractivity contribution in [1.29, 1.82) is 0 Å². The molecule has 1 heterocycles. The second kappa shape index (κ2) is 7.04. The highest BCUT2D eigenvalue weighted by Gasteiger charge is 2.19. The summed E-state index contributed by atoms with van der Waals surface area (Å²) >= 11 is 0. The lowest BCUT2D eigenvalue weighted by molar-refractivity contribution is 0.0690. The highest BCUT2D eigenvalue weighted by molar-refractivity contribution is 5.97. The fraction of sp³-hybridized carbons (Fsp3) is 0.500. The second-order valence-corrected chi connectivity index (χ2v) is 6.26. The Morgan fingerprint density at radius 1 is 1.30 bits per heavy atom. The molecule has 3 N–H and O–H groups in total. The van der Waals surface area contributed by atoms with Crippen LogP contribution in [0.4, 0.5) is 0 Å². The minimum absolute atomic E-state index is 0.273. The first-order chi connectivity index (χ1) is 11.2. The molecule has 1 fully saturated rings. The molecule has 3 rings (SSSR count). The highest BCUT2D eigenvalue weighted by atomic mass is 16.5. The van der Waals surface area contributed by atoms with Crippen LogP contribution in [0, 0.1) is 0 Å². The number of aromatic nitrogens is 1. The molecular weight excluding hydrogens is 292 g/mol. The Morgan fingerprint density at radius 2 is 2.04 bits per heavy atom. The molecule has 5 nitrogen and oxygen atoms in total. The maximum absolute atomic E-state index is 11.6. The topological polar surface area (TPSA) is 74.3 Å². The zero-order chi connectivity index (χ0) is 16.2.